The largest absolute Gasteiger partial charge is 0.493 e. The van der Waals surface area contributed by atoms with E-state index in [4.69, 9.17) is 22.6 Å². The van der Waals surface area contributed by atoms with Gasteiger partial charge in [-0.1, -0.05) is 11.0 Å². The predicted molar refractivity (Wildman–Crippen MR) is 58.9 cm³/mol. The molecule has 2 radical (unpaired) electrons. The van der Waals surface area contributed by atoms with Crippen LogP contribution in [0.15, 0.2) is 12.1 Å². The summed E-state index contributed by atoms with van der Waals surface area (Å²) in [6, 6.07) is 5.61. The molecule has 0 aliphatic rings. The van der Waals surface area contributed by atoms with Crippen LogP contribution in [0, 0.1) is 11.3 Å². The van der Waals surface area contributed by atoms with Crippen molar-refractivity contribution in [2.24, 2.45) is 0 Å². The van der Waals surface area contributed by atoms with E-state index in [9.17, 15) is 0 Å². The van der Waals surface area contributed by atoms with Gasteiger partial charge in [0.25, 0.3) is 0 Å². The first kappa shape index (κ1) is 11.4. The molecule has 0 N–H and O–H groups in total. The third-order valence-corrected chi connectivity index (χ3v) is 2.15. The summed E-state index contributed by atoms with van der Waals surface area (Å²) in [5.41, 5.74) is 1.54. The van der Waals surface area contributed by atoms with E-state index in [1.54, 1.807) is 20.3 Å². The number of benzene rings is 1. The summed E-state index contributed by atoms with van der Waals surface area (Å²) in [5, 5.41) is 8.50. The lowest BCUT2D eigenvalue weighted by molar-refractivity contribution is 0.355. The maximum Gasteiger partial charge on any atom is 0.160 e. The van der Waals surface area contributed by atoms with E-state index in [1.807, 2.05) is 6.07 Å². The minimum absolute atomic E-state index is 0.444. The van der Waals surface area contributed by atoms with Crippen LogP contribution in [-0.4, -0.2) is 22.1 Å². The number of hydrogen-bond donors (Lipinski definition) is 0. The summed E-state index contributed by atoms with van der Waals surface area (Å²) < 4.78 is 10.3. The van der Waals surface area contributed by atoms with Crippen molar-refractivity contribution in [2.75, 3.05) is 14.2 Å². The zero-order valence-electron chi connectivity index (χ0n) is 8.91. The average molecular weight is 201 g/mol. The van der Waals surface area contributed by atoms with Gasteiger partial charge in [0.15, 0.2) is 11.5 Å². The quantitative estimate of drug-likeness (QED) is 0.681. The summed E-state index contributed by atoms with van der Waals surface area (Å²) in [7, 11) is 8.95. The van der Waals surface area contributed by atoms with Crippen LogP contribution in [0.25, 0.3) is 0 Å². The van der Waals surface area contributed by atoms with Crippen molar-refractivity contribution in [1.29, 1.82) is 5.26 Å². The van der Waals surface area contributed by atoms with Gasteiger partial charge in [-0.15, -0.1) is 0 Å². The van der Waals surface area contributed by atoms with E-state index >= 15 is 0 Å². The molecule has 0 aliphatic heterocycles. The molecule has 0 fully saturated rings. The summed E-state index contributed by atoms with van der Waals surface area (Å²) in [6.45, 7) is 0. The van der Waals surface area contributed by atoms with E-state index in [1.165, 1.54) is 0 Å². The monoisotopic (exact) mass is 201 g/mol. The standard InChI is InChI=1S/C11H12BNO2/c1-14-10-6-8(4-3-5-13)9(12)7-11(10)15-2/h6-7H,3-4H2,1-2H3. The fraction of sp³-hybridized carbons (Fsp3) is 0.364. The molecule has 0 atom stereocenters. The second-order valence-corrected chi connectivity index (χ2v) is 3.06. The smallest absolute Gasteiger partial charge is 0.160 e. The Morgan fingerprint density at radius 3 is 2.40 bits per heavy atom. The molecule has 4 heteroatoms. The molecule has 0 aliphatic carbocycles. The van der Waals surface area contributed by atoms with Crippen LogP contribution in [0.3, 0.4) is 0 Å². The number of methoxy groups -OCH3 is 2. The molecule has 1 aromatic carbocycles. The number of hydrogen-bond acceptors (Lipinski definition) is 3. The van der Waals surface area contributed by atoms with Crippen molar-refractivity contribution in [3.8, 4) is 17.6 Å². The Kier molecular flexibility index (Phi) is 4.05. The molecule has 1 aromatic rings. The Morgan fingerprint density at radius 2 is 1.87 bits per heavy atom. The van der Waals surface area contributed by atoms with E-state index in [-0.39, 0.29) is 0 Å². The van der Waals surface area contributed by atoms with Gasteiger partial charge in [0, 0.05) is 6.42 Å². The molecule has 1 rings (SSSR count). The highest BCUT2D eigenvalue weighted by atomic mass is 16.5. The van der Waals surface area contributed by atoms with Gasteiger partial charge in [0.1, 0.15) is 7.85 Å². The van der Waals surface area contributed by atoms with Gasteiger partial charge in [-0.05, 0) is 18.6 Å². The number of ether oxygens (including phenoxy) is 2. The zero-order valence-corrected chi connectivity index (χ0v) is 8.91. The molecule has 0 heterocycles. The van der Waals surface area contributed by atoms with Crippen molar-refractivity contribution in [2.45, 2.75) is 12.8 Å². The van der Waals surface area contributed by atoms with Crippen LogP contribution in [0.2, 0.25) is 0 Å². The van der Waals surface area contributed by atoms with Crippen LogP contribution >= 0.6 is 0 Å². The van der Waals surface area contributed by atoms with Crippen LogP contribution in [0.1, 0.15) is 12.0 Å². The van der Waals surface area contributed by atoms with Crippen LogP contribution in [0.4, 0.5) is 0 Å². The maximum atomic E-state index is 8.50. The number of nitrogens with zero attached hydrogens (tertiary/aromatic N) is 1. The summed E-state index contributed by atoms with van der Waals surface area (Å²) in [4.78, 5) is 0. The molecular formula is C11H12BNO2. The number of rotatable bonds is 4. The fourth-order valence-electron chi connectivity index (χ4n) is 1.34. The van der Waals surface area contributed by atoms with Crippen LogP contribution in [0.5, 0.6) is 11.5 Å². The molecule has 0 spiro atoms. The Labute approximate surface area is 91.0 Å². The summed E-state index contributed by atoms with van der Waals surface area (Å²) in [6.07, 6.45) is 1.07. The van der Waals surface area contributed by atoms with Gasteiger partial charge in [-0.3, -0.25) is 0 Å². The molecule has 0 unspecified atom stereocenters. The number of aryl methyl sites for hydroxylation is 1. The Balaban J connectivity index is 3.03. The van der Waals surface area contributed by atoms with Crippen molar-refractivity contribution >= 4 is 13.3 Å². The van der Waals surface area contributed by atoms with Gasteiger partial charge in [0.2, 0.25) is 0 Å². The van der Waals surface area contributed by atoms with Gasteiger partial charge >= 0.3 is 0 Å². The highest BCUT2D eigenvalue weighted by molar-refractivity contribution is 6.33. The minimum Gasteiger partial charge on any atom is -0.493 e. The molecule has 0 aromatic heterocycles. The normalized spacial score (nSPS) is 9.40. The minimum atomic E-state index is 0.444. The van der Waals surface area contributed by atoms with Crippen LogP contribution in [-0.2, 0) is 6.42 Å². The van der Waals surface area contributed by atoms with E-state index in [2.05, 4.69) is 6.07 Å². The van der Waals surface area contributed by atoms with Crippen LogP contribution < -0.4 is 14.9 Å². The topological polar surface area (TPSA) is 42.2 Å². The molecule has 0 saturated heterocycles. The highest BCUT2D eigenvalue weighted by Crippen LogP contribution is 2.26. The summed E-state index contributed by atoms with van der Waals surface area (Å²) >= 11 is 0. The van der Waals surface area contributed by atoms with E-state index in [0.717, 1.165) is 5.56 Å². The van der Waals surface area contributed by atoms with E-state index in [0.29, 0.717) is 29.8 Å². The first-order valence-electron chi connectivity index (χ1n) is 4.60. The zero-order chi connectivity index (χ0) is 11.3. The molecular weight excluding hydrogens is 189 g/mol. The lowest BCUT2D eigenvalue weighted by Gasteiger charge is -2.12. The van der Waals surface area contributed by atoms with Crippen molar-refractivity contribution in [3.05, 3.63) is 17.7 Å². The fourth-order valence-corrected chi connectivity index (χ4v) is 1.34. The molecule has 3 nitrogen and oxygen atoms in total. The van der Waals surface area contributed by atoms with Crippen molar-refractivity contribution in [3.63, 3.8) is 0 Å². The third-order valence-electron chi connectivity index (χ3n) is 2.15. The van der Waals surface area contributed by atoms with Crippen molar-refractivity contribution < 1.29 is 9.47 Å². The van der Waals surface area contributed by atoms with Gasteiger partial charge in [-0.25, -0.2) is 0 Å². The lowest BCUT2D eigenvalue weighted by atomic mass is 9.88. The highest BCUT2D eigenvalue weighted by Gasteiger charge is 2.07. The Bertz CT molecular complexity index is 385. The number of nitriles is 1. The third kappa shape index (κ3) is 2.66. The predicted octanol–water partition coefficient (Wildman–Crippen LogP) is 0.954. The molecule has 15 heavy (non-hydrogen) atoms. The molecule has 76 valence electrons. The Morgan fingerprint density at radius 1 is 1.27 bits per heavy atom. The van der Waals surface area contributed by atoms with Crippen molar-refractivity contribution in [1.82, 2.24) is 0 Å². The first-order chi connectivity index (χ1) is 7.22. The molecule has 0 bridgehead atoms. The molecule has 0 amide bonds. The van der Waals surface area contributed by atoms with Gasteiger partial charge < -0.3 is 9.47 Å². The first-order valence-corrected chi connectivity index (χ1v) is 4.60. The average Bonchev–Trinajstić information content (AvgIpc) is 2.27. The van der Waals surface area contributed by atoms with Gasteiger partial charge in [0.05, 0.1) is 20.3 Å². The second kappa shape index (κ2) is 5.30. The lowest BCUT2D eigenvalue weighted by Crippen LogP contribution is -2.11. The SMILES string of the molecule is [B]c1cc(OC)c(OC)cc1CCC#N. The second-order valence-electron chi connectivity index (χ2n) is 3.06. The summed E-state index contributed by atoms with van der Waals surface area (Å²) in [5.74, 6) is 1.25. The Hall–Kier alpha value is -1.63. The molecule has 0 saturated carbocycles. The van der Waals surface area contributed by atoms with E-state index < -0.39 is 0 Å². The van der Waals surface area contributed by atoms with Gasteiger partial charge in [-0.2, -0.15) is 5.26 Å². The maximum absolute atomic E-state index is 8.50.